The highest BCUT2D eigenvalue weighted by molar-refractivity contribution is 6.63. The van der Waals surface area contributed by atoms with E-state index in [1.54, 1.807) is 18.2 Å². The lowest BCUT2D eigenvalue weighted by atomic mass is 10.2. The highest BCUT2D eigenvalue weighted by Gasteiger charge is 2.02. The van der Waals surface area contributed by atoms with Crippen molar-refractivity contribution in [3.8, 4) is 5.75 Å². The Hall–Kier alpha value is -0.730. The maximum absolute atomic E-state index is 10.4. The van der Waals surface area contributed by atoms with Gasteiger partial charge in [-0.05, 0) is 42.3 Å². The second-order valence-electron chi connectivity index (χ2n) is 2.55. The predicted octanol–water partition coefficient (Wildman–Crippen LogP) is 2.79. The topological polar surface area (TPSA) is 26.3 Å². The Balaban J connectivity index is 2.72. The van der Waals surface area contributed by atoms with E-state index in [0.717, 1.165) is 5.56 Å². The quantitative estimate of drug-likeness (QED) is 0.730. The molecular formula is C9H8Cl2O2. The average Bonchev–Trinajstić information content (AvgIpc) is 2.02. The Kier molecular flexibility index (Phi) is 3.58. The molecule has 0 saturated heterocycles. The molecule has 0 radical (unpaired) electrons. The first kappa shape index (κ1) is 10.4. The fourth-order valence-electron chi connectivity index (χ4n) is 0.909. The number of carbonyl (C=O) groups is 1. The standard InChI is InChI=1S/C9H8Cl2O2/c1-6-4-7(10)2-3-8(6)13-5-9(11)12/h2-4H,5H2,1H3. The molecule has 1 aromatic rings. The SMILES string of the molecule is Cc1cc(Cl)ccc1OCC(=O)Cl. The molecule has 13 heavy (non-hydrogen) atoms. The van der Waals surface area contributed by atoms with Crippen LogP contribution in [0.25, 0.3) is 0 Å². The van der Waals surface area contributed by atoms with Crippen molar-refractivity contribution in [2.45, 2.75) is 6.92 Å². The Labute approximate surface area is 86.4 Å². The van der Waals surface area contributed by atoms with E-state index in [-0.39, 0.29) is 6.61 Å². The van der Waals surface area contributed by atoms with Crippen molar-refractivity contribution in [3.05, 3.63) is 28.8 Å². The molecule has 0 aromatic heterocycles. The van der Waals surface area contributed by atoms with Gasteiger partial charge in [0.25, 0.3) is 5.24 Å². The fraction of sp³-hybridized carbons (Fsp3) is 0.222. The van der Waals surface area contributed by atoms with Crippen molar-refractivity contribution >= 4 is 28.4 Å². The van der Waals surface area contributed by atoms with Crippen molar-refractivity contribution in [2.24, 2.45) is 0 Å². The summed E-state index contributed by atoms with van der Waals surface area (Å²) >= 11 is 10.9. The van der Waals surface area contributed by atoms with Gasteiger partial charge in [0.15, 0.2) is 6.61 Å². The van der Waals surface area contributed by atoms with Crippen molar-refractivity contribution in [2.75, 3.05) is 6.61 Å². The average molecular weight is 219 g/mol. The molecule has 0 heterocycles. The molecule has 0 amide bonds. The lowest BCUT2D eigenvalue weighted by Crippen LogP contribution is -2.05. The molecular weight excluding hydrogens is 211 g/mol. The lowest BCUT2D eigenvalue weighted by Gasteiger charge is -2.06. The predicted molar refractivity (Wildman–Crippen MR) is 52.5 cm³/mol. The Morgan fingerprint density at radius 3 is 2.77 bits per heavy atom. The molecule has 0 aliphatic carbocycles. The number of benzene rings is 1. The van der Waals surface area contributed by atoms with Gasteiger partial charge in [0, 0.05) is 5.02 Å². The van der Waals surface area contributed by atoms with E-state index in [9.17, 15) is 4.79 Å². The van der Waals surface area contributed by atoms with E-state index in [1.165, 1.54) is 0 Å². The van der Waals surface area contributed by atoms with Crippen molar-refractivity contribution < 1.29 is 9.53 Å². The molecule has 0 spiro atoms. The second-order valence-corrected chi connectivity index (χ2v) is 3.41. The number of hydrogen-bond acceptors (Lipinski definition) is 2. The summed E-state index contributed by atoms with van der Waals surface area (Å²) in [5, 5.41) is 0.122. The molecule has 0 bridgehead atoms. The molecule has 0 unspecified atom stereocenters. The van der Waals surface area contributed by atoms with Gasteiger partial charge in [-0.3, -0.25) is 4.79 Å². The van der Waals surface area contributed by atoms with Crippen LogP contribution in [0.4, 0.5) is 0 Å². The third kappa shape index (κ3) is 3.25. The lowest BCUT2D eigenvalue weighted by molar-refractivity contribution is -0.113. The van der Waals surface area contributed by atoms with Crippen molar-refractivity contribution in [1.82, 2.24) is 0 Å². The van der Waals surface area contributed by atoms with E-state index in [1.807, 2.05) is 6.92 Å². The van der Waals surface area contributed by atoms with E-state index < -0.39 is 5.24 Å². The molecule has 1 aromatic carbocycles. The monoisotopic (exact) mass is 218 g/mol. The maximum Gasteiger partial charge on any atom is 0.259 e. The Bertz CT molecular complexity index is 323. The summed E-state index contributed by atoms with van der Waals surface area (Å²) in [6.07, 6.45) is 0. The number of halogens is 2. The van der Waals surface area contributed by atoms with Crippen LogP contribution in [-0.2, 0) is 4.79 Å². The Morgan fingerprint density at radius 1 is 1.54 bits per heavy atom. The van der Waals surface area contributed by atoms with Gasteiger partial charge in [-0.1, -0.05) is 11.6 Å². The minimum absolute atomic E-state index is 0.121. The van der Waals surface area contributed by atoms with Crippen LogP contribution in [0.3, 0.4) is 0 Å². The molecule has 0 saturated carbocycles. The molecule has 0 N–H and O–H groups in total. The first-order chi connectivity index (χ1) is 6.09. The van der Waals surface area contributed by atoms with Gasteiger partial charge in [0.05, 0.1) is 0 Å². The zero-order valence-electron chi connectivity index (χ0n) is 7.01. The minimum atomic E-state index is -0.519. The molecule has 0 aliphatic heterocycles. The van der Waals surface area contributed by atoms with Gasteiger partial charge in [-0.2, -0.15) is 0 Å². The largest absolute Gasteiger partial charge is 0.484 e. The molecule has 0 atom stereocenters. The van der Waals surface area contributed by atoms with Crippen LogP contribution in [0.2, 0.25) is 5.02 Å². The first-order valence-electron chi connectivity index (χ1n) is 3.67. The summed E-state index contributed by atoms with van der Waals surface area (Å²) < 4.78 is 5.11. The number of rotatable bonds is 3. The molecule has 70 valence electrons. The smallest absolute Gasteiger partial charge is 0.259 e. The summed E-state index contributed by atoms with van der Waals surface area (Å²) in [6.45, 7) is 1.73. The van der Waals surface area contributed by atoms with Crippen LogP contribution in [0.15, 0.2) is 18.2 Å². The van der Waals surface area contributed by atoms with Crippen LogP contribution in [0.1, 0.15) is 5.56 Å². The fourth-order valence-corrected chi connectivity index (χ4v) is 1.19. The second kappa shape index (κ2) is 4.49. The van der Waals surface area contributed by atoms with E-state index >= 15 is 0 Å². The molecule has 0 aliphatic rings. The molecule has 4 heteroatoms. The normalized spacial score (nSPS) is 9.77. The van der Waals surface area contributed by atoms with Crippen LogP contribution in [0.5, 0.6) is 5.75 Å². The third-order valence-electron chi connectivity index (χ3n) is 1.48. The third-order valence-corrected chi connectivity index (χ3v) is 1.82. The summed E-state index contributed by atoms with van der Waals surface area (Å²) in [5.74, 6) is 0.624. The van der Waals surface area contributed by atoms with Gasteiger partial charge in [-0.15, -0.1) is 0 Å². The molecule has 2 nitrogen and oxygen atoms in total. The summed E-state index contributed by atoms with van der Waals surface area (Å²) in [6, 6.07) is 5.16. The van der Waals surface area contributed by atoms with Gasteiger partial charge in [0.2, 0.25) is 0 Å². The number of aryl methyl sites for hydroxylation is 1. The first-order valence-corrected chi connectivity index (χ1v) is 4.42. The number of hydrogen-bond donors (Lipinski definition) is 0. The summed E-state index contributed by atoms with van der Waals surface area (Å²) in [4.78, 5) is 10.4. The van der Waals surface area contributed by atoms with Gasteiger partial charge < -0.3 is 4.74 Å². The van der Waals surface area contributed by atoms with E-state index in [4.69, 9.17) is 27.9 Å². The van der Waals surface area contributed by atoms with Crippen LogP contribution < -0.4 is 4.74 Å². The maximum atomic E-state index is 10.4. The van der Waals surface area contributed by atoms with Crippen molar-refractivity contribution in [1.29, 1.82) is 0 Å². The number of ether oxygens (including phenoxy) is 1. The highest BCUT2D eigenvalue weighted by Crippen LogP contribution is 2.21. The van der Waals surface area contributed by atoms with Crippen LogP contribution in [-0.4, -0.2) is 11.8 Å². The summed E-state index contributed by atoms with van der Waals surface area (Å²) in [5.41, 5.74) is 0.880. The van der Waals surface area contributed by atoms with Gasteiger partial charge in [0.1, 0.15) is 5.75 Å². The van der Waals surface area contributed by atoms with Crippen LogP contribution in [0, 0.1) is 6.92 Å². The molecule has 1 rings (SSSR count). The number of carbonyl (C=O) groups excluding carboxylic acids is 1. The Morgan fingerprint density at radius 2 is 2.23 bits per heavy atom. The summed E-state index contributed by atoms with van der Waals surface area (Å²) in [7, 11) is 0. The van der Waals surface area contributed by atoms with Crippen LogP contribution >= 0.6 is 23.2 Å². The van der Waals surface area contributed by atoms with E-state index in [2.05, 4.69) is 0 Å². The van der Waals surface area contributed by atoms with Crippen molar-refractivity contribution in [3.63, 3.8) is 0 Å². The zero-order chi connectivity index (χ0) is 9.84. The van der Waals surface area contributed by atoms with Gasteiger partial charge in [-0.25, -0.2) is 0 Å². The van der Waals surface area contributed by atoms with Gasteiger partial charge >= 0.3 is 0 Å². The van der Waals surface area contributed by atoms with E-state index in [0.29, 0.717) is 10.8 Å². The highest BCUT2D eigenvalue weighted by atomic mass is 35.5. The zero-order valence-corrected chi connectivity index (χ0v) is 8.52. The molecule has 0 fully saturated rings. The minimum Gasteiger partial charge on any atom is -0.484 e.